The average molecular weight is 228 g/mol. The fourth-order valence-electron chi connectivity index (χ4n) is 4.27. The van der Waals surface area contributed by atoms with Crippen LogP contribution in [-0.4, -0.2) is 10.5 Å². The quantitative estimate of drug-likeness (QED) is 0.545. The molecule has 3 aliphatic rings. The molecule has 3 heteroatoms. The van der Waals surface area contributed by atoms with Crippen LogP contribution in [-0.2, 0) is 4.74 Å². The molecule has 78 valence electrons. The first-order valence-electron chi connectivity index (χ1n) is 5.65. The molecule has 0 aromatic rings. The van der Waals surface area contributed by atoms with E-state index in [2.05, 4.69) is 12.6 Å². The zero-order valence-electron chi connectivity index (χ0n) is 8.19. The van der Waals surface area contributed by atoms with E-state index in [1.165, 1.54) is 32.1 Å². The van der Waals surface area contributed by atoms with E-state index in [0.717, 1.165) is 23.7 Å². The minimum Gasteiger partial charge on any atom is -0.475 e. The van der Waals surface area contributed by atoms with Gasteiger partial charge in [-0.25, -0.2) is 0 Å². The third-order valence-corrected chi connectivity index (χ3v) is 4.82. The monoisotopic (exact) mass is 228 g/mol. The molecule has 0 aromatic heterocycles. The van der Waals surface area contributed by atoms with Crippen LogP contribution in [0.15, 0.2) is 0 Å². The summed E-state index contributed by atoms with van der Waals surface area (Å²) < 4.78 is 6.09. The Balaban J connectivity index is 1.73. The van der Waals surface area contributed by atoms with E-state index in [1.54, 1.807) is 0 Å². The maximum Gasteiger partial charge on any atom is 0.217 e. The van der Waals surface area contributed by atoms with Crippen LogP contribution >= 0.6 is 24.8 Å². The minimum atomic E-state index is 0.407. The van der Waals surface area contributed by atoms with Gasteiger partial charge in [-0.1, -0.05) is 19.0 Å². The predicted octanol–water partition coefficient (Wildman–Crippen LogP) is 3.04. The third kappa shape index (κ3) is 1.32. The van der Waals surface area contributed by atoms with Crippen LogP contribution in [0.25, 0.3) is 0 Å². The van der Waals surface area contributed by atoms with Crippen LogP contribution < -0.4 is 0 Å². The molecule has 2 bridgehead atoms. The fraction of sp³-hybridized carbons (Fsp3) is 0.909. The second-order valence-corrected chi connectivity index (χ2v) is 6.16. The molecule has 0 N–H and O–H groups in total. The Kier molecular flexibility index (Phi) is 2.28. The Morgan fingerprint density at radius 1 is 1.14 bits per heavy atom. The lowest BCUT2D eigenvalue weighted by molar-refractivity contribution is 0.0814. The largest absolute Gasteiger partial charge is 0.475 e. The maximum atomic E-state index is 5.65. The van der Waals surface area contributed by atoms with Gasteiger partial charge in [-0.3, -0.25) is 0 Å². The molecule has 0 aromatic carbocycles. The predicted molar refractivity (Wildman–Crippen MR) is 63.5 cm³/mol. The van der Waals surface area contributed by atoms with Crippen molar-refractivity contribution in [1.29, 1.82) is 0 Å². The molecule has 0 saturated heterocycles. The van der Waals surface area contributed by atoms with Crippen molar-refractivity contribution in [3.63, 3.8) is 0 Å². The Morgan fingerprint density at radius 2 is 1.93 bits per heavy atom. The summed E-state index contributed by atoms with van der Waals surface area (Å²) in [5.41, 5.74) is 0. The highest BCUT2D eigenvalue weighted by Crippen LogP contribution is 2.59. The summed E-state index contributed by atoms with van der Waals surface area (Å²) in [6, 6.07) is 0. The standard InChI is InChI=1S/C11H16OS2/c13-11(14)12-10-5-6-4-9(10)8-3-1-2-7(6)8/h6-10H,1-5H2,(H,13,14)/t6?,7-,8+,9?,10-/m0/s1. The lowest BCUT2D eigenvalue weighted by Crippen LogP contribution is -2.30. The van der Waals surface area contributed by atoms with Crippen LogP contribution in [0.1, 0.15) is 32.1 Å². The van der Waals surface area contributed by atoms with Gasteiger partial charge in [0, 0.05) is 0 Å². The second kappa shape index (κ2) is 3.38. The van der Waals surface area contributed by atoms with Crippen LogP contribution in [0, 0.1) is 23.7 Å². The van der Waals surface area contributed by atoms with E-state index >= 15 is 0 Å². The number of hydrogen-bond donors (Lipinski definition) is 1. The molecular weight excluding hydrogens is 212 g/mol. The molecule has 3 fully saturated rings. The van der Waals surface area contributed by atoms with Crippen LogP contribution in [0.3, 0.4) is 0 Å². The van der Waals surface area contributed by atoms with E-state index in [1.807, 2.05) is 0 Å². The van der Waals surface area contributed by atoms with Crippen molar-refractivity contribution in [2.75, 3.05) is 0 Å². The van der Waals surface area contributed by atoms with Crippen LogP contribution in [0.5, 0.6) is 0 Å². The molecule has 3 saturated carbocycles. The zero-order valence-corrected chi connectivity index (χ0v) is 9.90. The first kappa shape index (κ1) is 9.46. The van der Waals surface area contributed by atoms with E-state index in [-0.39, 0.29) is 0 Å². The highest BCUT2D eigenvalue weighted by molar-refractivity contribution is 8.10. The first-order valence-corrected chi connectivity index (χ1v) is 6.51. The average Bonchev–Trinajstić information content (AvgIpc) is 2.68. The molecule has 0 radical (unpaired) electrons. The molecular formula is C11H16OS2. The SMILES string of the molecule is S=C(S)O[C@H]1CC2CC1[C@@H]1CCC[C@@H]21. The molecule has 0 aliphatic heterocycles. The van der Waals surface area contributed by atoms with Crippen molar-refractivity contribution in [2.24, 2.45) is 23.7 Å². The Hall–Kier alpha value is 0.240. The molecule has 0 amide bonds. The Morgan fingerprint density at radius 3 is 2.71 bits per heavy atom. The minimum absolute atomic E-state index is 0.407. The number of fused-ring (bicyclic) bond motifs is 5. The topological polar surface area (TPSA) is 9.23 Å². The van der Waals surface area contributed by atoms with Crippen LogP contribution in [0.2, 0.25) is 0 Å². The molecule has 3 aliphatic carbocycles. The van der Waals surface area contributed by atoms with Gasteiger partial charge in [0.2, 0.25) is 4.38 Å². The Bertz CT molecular complexity index is 266. The summed E-state index contributed by atoms with van der Waals surface area (Å²) in [5.74, 6) is 3.74. The van der Waals surface area contributed by atoms with Crippen molar-refractivity contribution in [3.05, 3.63) is 0 Å². The van der Waals surface area contributed by atoms with E-state index in [9.17, 15) is 0 Å². The number of thiocarbonyl (C=S) groups is 1. The van der Waals surface area contributed by atoms with Gasteiger partial charge in [0.1, 0.15) is 6.10 Å². The van der Waals surface area contributed by atoms with E-state index in [0.29, 0.717) is 10.5 Å². The van der Waals surface area contributed by atoms with Crippen molar-refractivity contribution in [2.45, 2.75) is 38.2 Å². The van der Waals surface area contributed by atoms with Gasteiger partial charge >= 0.3 is 0 Å². The molecule has 14 heavy (non-hydrogen) atoms. The Labute approximate surface area is 96.0 Å². The molecule has 0 spiro atoms. The summed E-state index contributed by atoms with van der Waals surface area (Å²) in [7, 11) is 0. The highest BCUT2D eigenvalue weighted by atomic mass is 32.1. The highest BCUT2D eigenvalue weighted by Gasteiger charge is 2.54. The zero-order chi connectivity index (χ0) is 9.71. The number of thiol groups is 1. The lowest BCUT2D eigenvalue weighted by atomic mass is 9.80. The normalized spacial score (nSPS) is 49.4. The molecule has 5 atom stereocenters. The van der Waals surface area contributed by atoms with Crippen molar-refractivity contribution in [1.82, 2.24) is 0 Å². The summed E-state index contributed by atoms with van der Waals surface area (Å²) in [6.45, 7) is 0. The lowest BCUT2D eigenvalue weighted by Gasteiger charge is -2.31. The van der Waals surface area contributed by atoms with Gasteiger partial charge in [-0.2, -0.15) is 0 Å². The number of ether oxygens (including phenoxy) is 1. The molecule has 2 unspecified atom stereocenters. The van der Waals surface area contributed by atoms with E-state index < -0.39 is 0 Å². The van der Waals surface area contributed by atoms with Gasteiger partial charge < -0.3 is 4.74 Å². The summed E-state index contributed by atoms with van der Waals surface area (Å²) in [4.78, 5) is 0. The number of rotatable bonds is 1. The van der Waals surface area contributed by atoms with E-state index in [4.69, 9.17) is 17.0 Å². The molecule has 0 heterocycles. The molecule has 1 nitrogen and oxygen atoms in total. The summed E-state index contributed by atoms with van der Waals surface area (Å²) in [5, 5.41) is 0. The number of hydrogen-bond acceptors (Lipinski definition) is 2. The maximum absolute atomic E-state index is 5.65. The smallest absolute Gasteiger partial charge is 0.217 e. The van der Waals surface area contributed by atoms with Gasteiger partial charge in [-0.15, -0.1) is 0 Å². The van der Waals surface area contributed by atoms with Crippen molar-refractivity contribution >= 4 is 29.2 Å². The molecule has 3 rings (SSSR count). The van der Waals surface area contributed by atoms with Gasteiger partial charge in [-0.05, 0) is 61.6 Å². The first-order chi connectivity index (χ1) is 6.75. The second-order valence-electron chi connectivity index (χ2n) is 5.08. The third-order valence-electron chi connectivity index (χ3n) is 4.62. The summed E-state index contributed by atoms with van der Waals surface area (Å²) >= 11 is 8.98. The summed E-state index contributed by atoms with van der Waals surface area (Å²) in [6.07, 6.45) is 7.41. The van der Waals surface area contributed by atoms with Crippen molar-refractivity contribution in [3.8, 4) is 0 Å². The van der Waals surface area contributed by atoms with Gasteiger partial charge in [0.15, 0.2) is 0 Å². The van der Waals surface area contributed by atoms with Crippen molar-refractivity contribution < 1.29 is 4.74 Å². The van der Waals surface area contributed by atoms with Gasteiger partial charge in [0.05, 0.1) is 0 Å². The van der Waals surface area contributed by atoms with Gasteiger partial charge in [0.25, 0.3) is 0 Å². The fourth-order valence-corrected chi connectivity index (χ4v) is 4.53. The van der Waals surface area contributed by atoms with Crippen LogP contribution in [0.4, 0.5) is 0 Å².